The van der Waals surface area contributed by atoms with E-state index in [1.54, 1.807) is 52.5 Å². The Hall–Kier alpha value is -2.79. The summed E-state index contributed by atoms with van der Waals surface area (Å²) in [6.45, 7) is 0. The number of benzene rings is 1. The number of pyridine rings is 1. The summed E-state index contributed by atoms with van der Waals surface area (Å²) < 4.78 is 3.35. The van der Waals surface area contributed by atoms with Gasteiger partial charge in [0.2, 0.25) is 11.7 Å². The summed E-state index contributed by atoms with van der Waals surface area (Å²) in [6.07, 6.45) is 3.17. The maximum atomic E-state index is 11.6. The Balaban J connectivity index is 0.00000182. The van der Waals surface area contributed by atoms with E-state index < -0.39 is 0 Å². The van der Waals surface area contributed by atoms with E-state index >= 15 is 0 Å². The molecule has 3 aromatic rings. The van der Waals surface area contributed by atoms with Crippen LogP contribution < -0.4 is 33.0 Å². The van der Waals surface area contributed by atoms with Crippen LogP contribution in [0.4, 0.5) is 5.82 Å². The molecule has 0 aliphatic heterocycles. The molecule has 0 amide bonds. The molecule has 0 aliphatic rings. The first kappa shape index (κ1) is 22.3. The van der Waals surface area contributed by atoms with Crippen molar-refractivity contribution in [2.75, 3.05) is 0 Å². The summed E-state index contributed by atoms with van der Waals surface area (Å²) in [4.78, 5) is 11.2. The average Bonchev–Trinajstić information content (AvgIpc) is 2.89. The number of halogens is 2. The van der Waals surface area contributed by atoms with E-state index in [2.05, 4.69) is 10.2 Å². The second kappa shape index (κ2) is 9.24. The van der Waals surface area contributed by atoms with Crippen molar-refractivity contribution in [3.8, 4) is 11.3 Å². The van der Waals surface area contributed by atoms with Gasteiger partial charge in [-0.05, 0) is 28.7 Å². The van der Waals surface area contributed by atoms with E-state index in [0.29, 0.717) is 5.69 Å². The van der Waals surface area contributed by atoms with Gasteiger partial charge in [0.1, 0.15) is 6.20 Å². The van der Waals surface area contributed by atoms with Gasteiger partial charge < -0.3 is 38.6 Å². The highest BCUT2D eigenvalue weighted by molar-refractivity contribution is 8.93. The Morgan fingerprint density at radius 1 is 1.22 bits per heavy atom. The van der Waals surface area contributed by atoms with Gasteiger partial charge in [-0.25, -0.2) is 4.57 Å². The Morgan fingerprint density at radius 3 is 2.48 bits per heavy atom. The number of hydrogen-bond donors (Lipinski definition) is 2. The molecule has 0 radical (unpaired) electrons. The second-order valence-electron chi connectivity index (χ2n) is 5.31. The molecule has 2 aromatic heterocycles. The molecule has 1 aromatic carbocycles. The number of hydrogen-bond acceptors (Lipinski definition) is 4. The predicted molar refractivity (Wildman–Crippen MR) is 104 cm³/mol. The van der Waals surface area contributed by atoms with Gasteiger partial charge in [0.15, 0.2) is 0 Å². The number of aryl methyl sites for hydroxylation is 1. The number of nitrogens with zero attached hydrogens (tertiary/aromatic N) is 5. The van der Waals surface area contributed by atoms with Gasteiger partial charge in [-0.2, -0.15) is 9.50 Å². The van der Waals surface area contributed by atoms with Crippen LogP contribution in [0.25, 0.3) is 16.9 Å². The molecule has 0 fully saturated rings. The van der Waals surface area contributed by atoms with Gasteiger partial charge in [-0.15, -0.1) is 22.1 Å². The molecular weight excluding hydrogens is 482 g/mol. The summed E-state index contributed by atoms with van der Waals surface area (Å²) in [7, 11) is 1.80. The number of nitro groups is 1. The molecule has 0 saturated heterocycles. The van der Waals surface area contributed by atoms with Crippen molar-refractivity contribution in [1.29, 1.82) is 0 Å². The fourth-order valence-electron chi connectivity index (χ4n) is 2.65. The first-order chi connectivity index (χ1) is 12.0. The van der Waals surface area contributed by atoms with E-state index in [0.717, 1.165) is 16.8 Å². The molecule has 27 heavy (non-hydrogen) atoms. The molecule has 0 spiro atoms. The number of fused-ring (bicyclic) bond motifs is 1. The lowest BCUT2D eigenvalue weighted by Gasteiger charge is -2.00. The van der Waals surface area contributed by atoms with Crippen molar-refractivity contribution in [3.05, 3.63) is 64.3 Å². The van der Waals surface area contributed by atoms with Gasteiger partial charge >= 0.3 is 5.82 Å². The van der Waals surface area contributed by atoms with E-state index in [-0.39, 0.29) is 50.7 Å². The Kier molecular flexibility index (Phi) is 7.61. The van der Waals surface area contributed by atoms with Gasteiger partial charge in [-0.3, -0.25) is 0 Å². The lowest BCUT2D eigenvalue weighted by molar-refractivity contribution is -0.634. The molecule has 0 bridgehead atoms. The molecule has 0 aliphatic carbocycles. The number of imidazole rings is 1. The first-order valence-electron chi connectivity index (χ1n) is 7.35. The van der Waals surface area contributed by atoms with E-state index in [4.69, 9.17) is 11.5 Å². The number of aromatic nitrogens is 2. The lowest BCUT2D eigenvalue weighted by atomic mass is 10.1. The van der Waals surface area contributed by atoms with E-state index in [9.17, 15) is 10.1 Å². The van der Waals surface area contributed by atoms with Crippen LogP contribution in [0, 0.1) is 10.1 Å². The Bertz CT molecular complexity index is 1010. The van der Waals surface area contributed by atoms with Gasteiger partial charge in [0, 0.05) is 11.6 Å². The molecule has 0 atom stereocenters. The van der Waals surface area contributed by atoms with Crippen molar-refractivity contribution in [2.24, 2.45) is 28.7 Å². The highest BCUT2D eigenvalue weighted by Gasteiger charge is 2.29. The topological polar surface area (TPSA) is 128 Å². The van der Waals surface area contributed by atoms with Crippen molar-refractivity contribution >= 4 is 40.6 Å². The molecule has 0 unspecified atom stereocenters. The summed E-state index contributed by atoms with van der Waals surface area (Å²) in [5.74, 6) is -0.115. The third-order valence-electron chi connectivity index (χ3n) is 3.69. The third kappa shape index (κ3) is 4.49. The van der Waals surface area contributed by atoms with Gasteiger partial charge in [0.05, 0.1) is 13.3 Å². The van der Waals surface area contributed by atoms with Crippen LogP contribution in [-0.4, -0.2) is 21.5 Å². The quantitative estimate of drug-likeness (QED) is 0.149. The maximum absolute atomic E-state index is 11.6. The summed E-state index contributed by atoms with van der Waals surface area (Å²) in [5.41, 5.74) is 13.1. The van der Waals surface area contributed by atoms with Crippen molar-refractivity contribution in [3.63, 3.8) is 0 Å². The van der Waals surface area contributed by atoms with Crippen LogP contribution in [0.1, 0.15) is 5.56 Å². The normalized spacial score (nSPS) is 10.3. The van der Waals surface area contributed by atoms with Crippen molar-refractivity contribution in [2.45, 2.75) is 0 Å². The van der Waals surface area contributed by atoms with E-state index in [1.807, 2.05) is 12.1 Å². The van der Waals surface area contributed by atoms with Crippen molar-refractivity contribution < 1.29 is 26.5 Å². The van der Waals surface area contributed by atoms with Crippen LogP contribution >= 0.6 is 17.0 Å². The zero-order valence-corrected chi connectivity index (χ0v) is 17.5. The summed E-state index contributed by atoms with van der Waals surface area (Å²) in [5, 5.41) is 18.9. The van der Waals surface area contributed by atoms with E-state index in [1.165, 1.54) is 6.21 Å². The minimum atomic E-state index is -0.379. The summed E-state index contributed by atoms with van der Waals surface area (Å²) in [6, 6.07) is 12.6. The largest absolute Gasteiger partial charge is 1.00 e. The van der Waals surface area contributed by atoms with Crippen molar-refractivity contribution in [1.82, 2.24) is 4.40 Å². The highest BCUT2D eigenvalue weighted by atomic mass is 79.9. The molecular formula is C16H17Br2N7O2. The van der Waals surface area contributed by atoms with Crippen LogP contribution in [0.15, 0.2) is 58.9 Å². The minimum Gasteiger partial charge on any atom is -1.00 e. The standard InChI is InChI=1S/C16H16N7O2.2BrH/c1-21-13-4-2-3-9-22(13)15(23(24)25)14(21)12-7-5-11(6-8-12)10-19-20-16(17)18;;/h2-10H,1H3,(H4,17,18,20);2*1H/q+1;;/p-1/b19-10+;;. The average molecular weight is 499 g/mol. The maximum Gasteiger partial charge on any atom is 0.378 e. The van der Waals surface area contributed by atoms with Gasteiger partial charge in [0.25, 0.3) is 5.65 Å². The first-order valence-corrected chi connectivity index (χ1v) is 7.35. The zero-order chi connectivity index (χ0) is 18.0. The molecule has 142 valence electrons. The minimum absolute atomic E-state index is 0. The van der Waals surface area contributed by atoms with Gasteiger partial charge in [-0.1, -0.05) is 18.2 Å². The monoisotopic (exact) mass is 497 g/mol. The fraction of sp³-hybridized carbons (Fsp3) is 0.0625. The molecule has 3 rings (SSSR count). The fourth-order valence-corrected chi connectivity index (χ4v) is 2.65. The predicted octanol–water partition coefficient (Wildman–Crippen LogP) is -1.47. The van der Waals surface area contributed by atoms with Crippen LogP contribution in [0.3, 0.4) is 0 Å². The molecule has 2 heterocycles. The molecule has 11 heteroatoms. The number of guanidine groups is 1. The zero-order valence-electron chi connectivity index (χ0n) is 14.2. The van der Waals surface area contributed by atoms with Crippen LogP contribution in [-0.2, 0) is 7.05 Å². The Morgan fingerprint density at radius 2 is 1.89 bits per heavy atom. The lowest BCUT2D eigenvalue weighted by Crippen LogP contribution is -3.00. The highest BCUT2D eigenvalue weighted by Crippen LogP contribution is 2.28. The summed E-state index contributed by atoms with van der Waals surface area (Å²) >= 11 is 0. The Labute approximate surface area is 175 Å². The third-order valence-corrected chi connectivity index (χ3v) is 3.69. The SMILES string of the molecule is Br.C[n+]1c(-c2ccc(/C=N/N=C(N)N)cc2)c([N+](=O)[O-])n2ccccc21.[Br-]. The number of rotatable bonds is 4. The smallest absolute Gasteiger partial charge is 0.378 e. The van der Waals surface area contributed by atoms with Crippen LogP contribution in [0.5, 0.6) is 0 Å². The second-order valence-corrected chi connectivity index (χ2v) is 5.31. The molecule has 9 nitrogen and oxygen atoms in total. The van der Waals surface area contributed by atoms with Crippen LogP contribution in [0.2, 0.25) is 0 Å². The molecule has 0 saturated carbocycles. The number of nitrogens with two attached hydrogens (primary N) is 2. The molecule has 4 N–H and O–H groups in total.